The molecule has 0 radical (unpaired) electrons. The van der Waals surface area contributed by atoms with E-state index >= 15 is 0 Å². The normalized spacial score (nSPS) is 13.8. The molecule has 90 valence electrons. The molecule has 2 N–H and O–H groups in total. The van der Waals surface area contributed by atoms with Crippen LogP contribution in [0.1, 0.15) is 32.3 Å². The third-order valence-corrected chi connectivity index (χ3v) is 3.16. The van der Waals surface area contributed by atoms with E-state index in [-0.39, 0.29) is 12.2 Å². The van der Waals surface area contributed by atoms with Crippen LogP contribution in [0.25, 0.3) is 0 Å². The molecule has 1 aromatic carbocycles. The molecule has 3 heteroatoms. The van der Waals surface area contributed by atoms with Crippen LogP contribution in [0.5, 0.6) is 0 Å². The van der Waals surface area contributed by atoms with Gasteiger partial charge >= 0.3 is 0 Å². The van der Waals surface area contributed by atoms with Crippen molar-refractivity contribution < 1.29 is 14.6 Å². The summed E-state index contributed by atoms with van der Waals surface area (Å²) in [6.07, 6.45) is 0.389. The Bertz CT molecular complexity index is 334. The lowest BCUT2D eigenvalue weighted by molar-refractivity contribution is -0.0790. The number of rotatable bonds is 5. The molecule has 0 aliphatic heterocycles. The smallest absolute Gasteiger partial charge is 0.123 e. The Labute approximate surface area is 95.7 Å². The van der Waals surface area contributed by atoms with Crippen molar-refractivity contribution in [3.05, 3.63) is 35.6 Å². The summed E-state index contributed by atoms with van der Waals surface area (Å²) in [5, 5.41) is 20.0. The van der Waals surface area contributed by atoms with Crippen molar-refractivity contribution in [1.29, 1.82) is 0 Å². The standard InChI is InChI=1S/C13H19FO2/c1-3-13(16,4-2)12(15)9-10-6-5-7-11(14)8-10/h5-8,12,15-16H,3-4,9H2,1-2H3. The van der Waals surface area contributed by atoms with Gasteiger partial charge in [-0.1, -0.05) is 26.0 Å². The van der Waals surface area contributed by atoms with Gasteiger partial charge in [-0.3, -0.25) is 0 Å². The fourth-order valence-electron chi connectivity index (χ4n) is 1.80. The Hall–Kier alpha value is -0.930. The fourth-order valence-corrected chi connectivity index (χ4v) is 1.80. The molecule has 0 spiro atoms. The first kappa shape index (κ1) is 13.1. The predicted octanol–water partition coefficient (Wildman–Crippen LogP) is 2.28. The van der Waals surface area contributed by atoms with Crippen LogP contribution in [0.2, 0.25) is 0 Å². The summed E-state index contributed by atoms with van der Waals surface area (Å²) in [4.78, 5) is 0. The minimum Gasteiger partial charge on any atom is -0.390 e. The Morgan fingerprint density at radius 3 is 2.44 bits per heavy atom. The number of halogens is 1. The maximum atomic E-state index is 12.9. The molecule has 2 nitrogen and oxygen atoms in total. The highest BCUT2D eigenvalue weighted by Gasteiger charge is 2.31. The van der Waals surface area contributed by atoms with Crippen molar-refractivity contribution in [2.75, 3.05) is 0 Å². The minimum absolute atomic E-state index is 0.274. The lowest BCUT2D eigenvalue weighted by Crippen LogP contribution is -2.42. The fraction of sp³-hybridized carbons (Fsp3) is 0.538. The van der Waals surface area contributed by atoms with Gasteiger partial charge in [0.1, 0.15) is 5.82 Å². The highest BCUT2D eigenvalue weighted by Crippen LogP contribution is 2.22. The summed E-state index contributed by atoms with van der Waals surface area (Å²) in [6.45, 7) is 3.66. The molecule has 1 atom stereocenters. The average molecular weight is 226 g/mol. The summed E-state index contributed by atoms with van der Waals surface area (Å²) in [5.41, 5.74) is -0.375. The SMILES string of the molecule is CCC(O)(CC)C(O)Cc1cccc(F)c1. The summed E-state index contributed by atoms with van der Waals surface area (Å²) >= 11 is 0. The van der Waals surface area contributed by atoms with E-state index in [4.69, 9.17) is 0 Å². The lowest BCUT2D eigenvalue weighted by Gasteiger charge is -2.31. The van der Waals surface area contributed by atoms with Crippen LogP contribution in [-0.2, 0) is 6.42 Å². The zero-order valence-electron chi connectivity index (χ0n) is 9.78. The van der Waals surface area contributed by atoms with E-state index in [2.05, 4.69) is 0 Å². The first-order valence-corrected chi connectivity index (χ1v) is 5.66. The third kappa shape index (κ3) is 3.03. The van der Waals surface area contributed by atoms with E-state index in [1.54, 1.807) is 12.1 Å². The van der Waals surface area contributed by atoms with Gasteiger partial charge < -0.3 is 10.2 Å². The first-order chi connectivity index (χ1) is 7.51. The molecule has 0 aliphatic rings. The van der Waals surface area contributed by atoms with Gasteiger partial charge in [-0.2, -0.15) is 0 Å². The summed E-state index contributed by atoms with van der Waals surface area (Å²) in [7, 11) is 0. The lowest BCUT2D eigenvalue weighted by atomic mass is 9.87. The quantitative estimate of drug-likeness (QED) is 0.808. The maximum absolute atomic E-state index is 12.9. The van der Waals surface area contributed by atoms with Crippen LogP contribution >= 0.6 is 0 Å². The van der Waals surface area contributed by atoms with E-state index in [0.29, 0.717) is 18.4 Å². The van der Waals surface area contributed by atoms with Crippen molar-refractivity contribution in [1.82, 2.24) is 0 Å². The largest absolute Gasteiger partial charge is 0.390 e. The molecule has 0 aromatic heterocycles. The van der Waals surface area contributed by atoms with Gasteiger partial charge in [0, 0.05) is 6.42 Å². The monoisotopic (exact) mass is 226 g/mol. The van der Waals surface area contributed by atoms with Gasteiger partial charge in [0.2, 0.25) is 0 Å². The third-order valence-electron chi connectivity index (χ3n) is 3.16. The van der Waals surface area contributed by atoms with Gasteiger partial charge in [0.25, 0.3) is 0 Å². The Balaban J connectivity index is 2.74. The number of aliphatic hydroxyl groups excluding tert-OH is 1. The molecule has 0 heterocycles. The van der Waals surface area contributed by atoms with Crippen molar-refractivity contribution in [3.8, 4) is 0 Å². The van der Waals surface area contributed by atoms with E-state index in [0.717, 1.165) is 0 Å². The molecule has 16 heavy (non-hydrogen) atoms. The minimum atomic E-state index is -1.08. The van der Waals surface area contributed by atoms with Gasteiger partial charge in [-0.05, 0) is 30.5 Å². The van der Waals surface area contributed by atoms with Crippen LogP contribution in [-0.4, -0.2) is 21.9 Å². The number of hydrogen-bond acceptors (Lipinski definition) is 2. The second kappa shape index (κ2) is 5.41. The number of hydrogen-bond donors (Lipinski definition) is 2. The van der Waals surface area contributed by atoms with Gasteiger partial charge in [0.05, 0.1) is 11.7 Å². The summed E-state index contributed by atoms with van der Waals surface area (Å²) in [5.74, 6) is -0.318. The second-order valence-electron chi connectivity index (χ2n) is 4.16. The van der Waals surface area contributed by atoms with Crippen LogP contribution in [0.15, 0.2) is 24.3 Å². The van der Waals surface area contributed by atoms with E-state index in [9.17, 15) is 14.6 Å². The Kier molecular flexibility index (Phi) is 4.44. The van der Waals surface area contributed by atoms with Crippen molar-refractivity contribution in [3.63, 3.8) is 0 Å². The number of aliphatic hydroxyl groups is 2. The molecule has 0 aliphatic carbocycles. The van der Waals surface area contributed by atoms with Crippen molar-refractivity contribution in [2.24, 2.45) is 0 Å². The van der Waals surface area contributed by atoms with Crippen molar-refractivity contribution in [2.45, 2.75) is 44.8 Å². The highest BCUT2D eigenvalue weighted by molar-refractivity contribution is 5.17. The molecule has 1 unspecified atom stereocenters. The molecular weight excluding hydrogens is 207 g/mol. The van der Waals surface area contributed by atoms with Gasteiger partial charge in [-0.25, -0.2) is 4.39 Å². The second-order valence-corrected chi connectivity index (χ2v) is 4.16. The maximum Gasteiger partial charge on any atom is 0.123 e. The molecule has 0 bridgehead atoms. The molecule has 0 amide bonds. The van der Waals surface area contributed by atoms with E-state index < -0.39 is 11.7 Å². The Morgan fingerprint density at radius 1 is 1.31 bits per heavy atom. The summed E-state index contributed by atoms with van der Waals surface area (Å²) in [6, 6.07) is 6.10. The first-order valence-electron chi connectivity index (χ1n) is 5.66. The van der Waals surface area contributed by atoms with Gasteiger partial charge in [0.15, 0.2) is 0 Å². The zero-order chi connectivity index (χ0) is 12.2. The van der Waals surface area contributed by atoms with E-state index in [1.165, 1.54) is 12.1 Å². The van der Waals surface area contributed by atoms with Crippen LogP contribution in [0.3, 0.4) is 0 Å². The van der Waals surface area contributed by atoms with Crippen molar-refractivity contribution >= 4 is 0 Å². The van der Waals surface area contributed by atoms with Crippen LogP contribution < -0.4 is 0 Å². The highest BCUT2D eigenvalue weighted by atomic mass is 19.1. The average Bonchev–Trinajstić information content (AvgIpc) is 2.28. The number of benzene rings is 1. The molecule has 1 aromatic rings. The zero-order valence-corrected chi connectivity index (χ0v) is 9.78. The molecule has 0 fully saturated rings. The van der Waals surface area contributed by atoms with Crippen LogP contribution in [0, 0.1) is 5.82 Å². The Morgan fingerprint density at radius 2 is 1.94 bits per heavy atom. The molecule has 0 saturated heterocycles. The molecule has 1 rings (SSSR count). The van der Waals surface area contributed by atoms with Crippen LogP contribution in [0.4, 0.5) is 4.39 Å². The summed E-state index contributed by atoms with van der Waals surface area (Å²) < 4.78 is 12.9. The molecule has 0 saturated carbocycles. The van der Waals surface area contributed by atoms with Gasteiger partial charge in [-0.15, -0.1) is 0 Å². The molecular formula is C13H19FO2. The van der Waals surface area contributed by atoms with E-state index in [1.807, 2.05) is 13.8 Å². The topological polar surface area (TPSA) is 40.5 Å². The predicted molar refractivity (Wildman–Crippen MR) is 61.6 cm³/mol.